The van der Waals surface area contributed by atoms with Gasteiger partial charge in [-0.1, -0.05) is 6.92 Å². The minimum atomic E-state index is -0.983. The predicted octanol–water partition coefficient (Wildman–Crippen LogP) is 3.08. The molecule has 0 aromatic heterocycles. The van der Waals surface area contributed by atoms with Crippen molar-refractivity contribution in [2.24, 2.45) is 5.41 Å². The van der Waals surface area contributed by atoms with Crippen LogP contribution >= 0.6 is 15.9 Å². The van der Waals surface area contributed by atoms with E-state index in [1.54, 1.807) is 32.0 Å². The highest BCUT2D eigenvalue weighted by molar-refractivity contribution is 9.10. The van der Waals surface area contributed by atoms with Gasteiger partial charge in [0.15, 0.2) is 0 Å². The highest BCUT2D eigenvalue weighted by Crippen LogP contribution is 2.27. The Bertz CT molecular complexity index is 536. The van der Waals surface area contributed by atoms with Crippen LogP contribution in [0.5, 0.6) is 5.75 Å². The molecule has 0 aliphatic carbocycles. The molecular weight excluding hydrogens is 340 g/mol. The van der Waals surface area contributed by atoms with Gasteiger partial charge in [0.2, 0.25) is 0 Å². The van der Waals surface area contributed by atoms with Crippen molar-refractivity contribution in [3.8, 4) is 5.75 Å². The summed E-state index contributed by atoms with van der Waals surface area (Å²) in [4.78, 5) is 23.0. The van der Waals surface area contributed by atoms with Crippen LogP contribution in [0.4, 0.5) is 10.5 Å². The minimum absolute atomic E-state index is 0.0479. The van der Waals surface area contributed by atoms with Gasteiger partial charge in [-0.3, -0.25) is 4.79 Å². The average molecular weight is 359 g/mol. The van der Waals surface area contributed by atoms with Gasteiger partial charge in [0.1, 0.15) is 5.75 Å². The number of nitrogens with one attached hydrogen (secondary N) is 2. The van der Waals surface area contributed by atoms with Crippen molar-refractivity contribution >= 4 is 33.6 Å². The van der Waals surface area contributed by atoms with Crippen molar-refractivity contribution in [2.75, 3.05) is 19.0 Å². The number of rotatable bonds is 6. The summed E-state index contributed by atoms with van der Waals surface area (Å²) in [6.07, 6.45) is 0.422. The Hall–Kier alpha value is -1.76. The Balaban J connectivity index is 2.68. The normalized spacial score (nSPS) is 13.1. The van der Waals surface area contributed by atoms with Crippen LogP contribution in [0.1, 0.15) is 20.3 Å². The molecular formula is C14H19BrN2O4. The predicted molar refractivity (Wildman–Crippen MR) is 83.7 cm³/mol. The molecule has 116 valence electrons. The Labute approximate surface area is 132 Å². The van der Waals surface area contributed by atoms with E-state index in [0.717, 1.165) is 0 Å². The molecule has 7 heteroatoms. The highest BCUT2D eigenvalue weighted by atomic mass is 79.9. The number of anilines is 1. The van der Waals surface area contributed by atoms with E-state index in [0.29, 0.717) is 22.3 Å². The van der Waals surface area contributed by atoms with Crippen LogP contribution in [0.2, 0.25) is 0 Å². The van der Waals surface area contributed by atoms with Crippen LogP contribution in [-0.4, -0.2) is 30.8 Å². The number of carboxylic acids is 1. The summed E-state index contributed by atoms with van der Waals surface area (Å²) in [5.74, 6) is -0.328. The van der Waals surface area contributed by atoms with Crippen LogP contribution in [0, 0.1) is 5.41 Å². The van der Waals surface area contributed by atoms with Gasteiger partial charge >= 0.3 is 12.0 Å². The second-order valence-electron chi connectivity index (χ2n) is 4.87. The number of carboxylic acid groups (broad SMARTS) is 1. The minimum Gasteiger partial charge on any atom is -0.497 e. The molecule has 1 unspecified atom stereocenters. The van der Waals surface area contributed by atoms with E-state index < -0.39 is 17.4 Å². The molecule has 0 spiro atoms. The lowest BCUT2D eigenvalue weighted by Crippen LogP contribution is -2.42. The number of amides is 2. The van der Waals surface area contributed by atoms with E-state index in [2.05, 4.69) is 26.6 Å². The zero-order valence-electron chi connectivity index (χ0n) is 12.2. The summed E-state index contributed by atoms with van der Waals surface area (Å²) in [6.45, 7) is 3.41. The van der Waals surface area contributed by atoms with Gasteiger partial charge in [-0.2, -0.15) is 0 Å². The van der Waals surface area contributed by atoms with Crippen molar-refractivity contribution in [3.63, 3.8) is 0 Å². The number of methoxy groups -OCH3 is 1. The van der Waals surface area contributed by atoms with E-state index in [1.165, 1.54) is 7.11 Å². The van der Waals surface area contributed by atoms with Crippen LogP contribution in [0.3, 0.4) is 0 Å². The fourth-order valence-electron chi connectivity index (χ4n) is 1.52. The maximum atomic E-state index is 11.9. The average Bonchev–Trinajstić information content (AvgIpc) is 2.46. The lowest BCUT2D eigenvalue weighted by Gasteiger charge is -2.23. The van der Waals surface area contributed by atoms with Gasteiger partial charge in [0.05, 0.1) is 18.2 Å². The highest BCUT2D eigenvalue weighted by Gasteiger charge is 2.31. The van der Waals surface area contributed by atoms with Crippen molar-refractivity contribution < 1.29 is 19.4 Å². The standard InChI is InChI=1S/C14H19BrN2O4/c1-4-14(2,12(18)19)8-16-13(20)17-11-7-9(21-3)5-6-10(11)15/h5-7H,4,8H2,1-3H3,(H,18,19)(H2,16,17,20). The van der Waals surface area contributed by atoms with E-state index in [1.807, 2.05) is 0 Å². The largest absolute Gasteiger partial charge is 0.497 e. The van der Waals surface area contributed by atoms with Crippen LogP contribution in [-0.2, 0) is 4.79 Å². The summed E-state index contributed by atoms with van der Waals surface area (Å²) in [5.41, 5.74) is -0.441. The number of carbonyl (C=O) groups is 2. The van der Waals surface area contributed by atoms with Gasteiger partial charge in [-0.05, 0) is 41.4 Å². The summed E-state index contributed by atoms with van der Waals surface area (Å²) in [6, 6.07) is 4.71. The first-order chi connectivity index (χ1) is 9.82. The lowest BCUT2D eigenvalue weighted by molar-refractivity contribution is -0.147. The Morgan fingerprint density at radius 3 is 2.62 bits per heavy atom. The number of benzene rings is 1. The molecule has 1 atom stereocenters. The second kappa shape index (κ2) is 7.31. The van der Waals surface area contributed by atoms with E-state index >= 15 is 0 Å². The van der Waals surface area contributed by atoms with Crippen LogP contribution in [0.15, 0.2) is 22.7 Å². The second-order valence-corrected chi connectivity index (χ2v) is 5.73. The summed E-state index contributed by atoms with van der Waals surface area (Å²) in [5, 5.41) is 14.4. The first kappa shape index (κ1) is 17.3. The number of aliphatic carboxylic acids is 1. The zero-order chi connectivity index (χ0) is 16.0. The molecule has 1 aromatic carbocycles. The third-order valence-electron chi connectivity index (χ3n) is 3.36. The smallest absolute Gasteiger partial charge is 0.319 e. The zero-order valence-corrected chi connectivity index (χ0v) is 13.8. The van der Waals surface area contributed by atoms with Gasteiger partial charge in [-0.15, -0.1) is 0 Å². The number of hydrogen-bond acceptors (Lipinski definition) is 3. The molecule has 21 heavy (non-hydrogen) atoms. The molecule has 1 aromatic rings. The summed E-state index contributed by atoms with van der Waals surface area (Å²) >= 11 is 3.32. The van der Waals surface area contributed by atoms with E-state index in [4.69, 9.17) is 9.84 Å². The van der Waals surface area contributed by atoms with Crippen molar-refractivity contribution in [3.05, 3.63) is 22.7 Å². The van der Waals surface area contributed by atoms with E-state index in [-0.39, 0.29) is 6.54 Å². The molecule has 0 aliphatic heterocycles. The molecule has 3 N–H and O–H groups in total. The Morgan fingerprint density at radius 2 is 2.10 bits per heavy atom. The first-order valence-corrected chi connectivity index (χ1v) is 7.23. The number of ether oxygens (including phenoxy) is 1. The van der Waals surface area contributed by atoms with Crippen molar-refractivity contribution in [1.29, 1.82) is 0 Å². The number of hydrogen-bond donors (Lipinski definition) is 3. The van der Waals surface area contributed by atoms with Gasteiger partial charge in [-0.25, -0.2) is 4.79 Å². The molecule has 0 saturated heterocycles. The van der Waals surface area contributed by atoms with Gasteiger partial charge < -0.3 is 20.5 Å². The number of urea groups is 1. The SMILES string of the molecule is CCC(C)(CNC(=O)Nc1cc(OC)ccc1Br)C(=O)O. The molecule has 1 rings (SSSR count). The van der Waals surface area contributed by atoms with Crippen LogP contribution < -0.4 is 15.4 Å². The molecule has 0 saturated carbocycles. The molecule has 0 aliphatic rings. The first-order valence-electron chi connectivity index (χ1n) is 6.44. The quantitative estimate of drug-likeness (QED) is 0.728. The van der Waals surface area contributed by atoms with Gasteiger partial charge in [0.25, 0.3) is 0 Å². The Morgan fingerprint density at radius 1 is 1.43 bits per heavy atom. The fourth-order valence-corrected chi connectivity index (χ4v) is 1.87. The molecule has 2 amide bonds. The maximum Gasteiger partial charge on any atom is 0.319 e. The topological polar surface area (TPSA) is 87.7 Å². The molecule has 0 radical (unpaired) electrons. The number of carbonyl (C=O) groups excluding carboxylic acids is 1. The summed E-state index contributed by atoms with van der Waals surface area (Å²) < 4.78 is 5.79. The number of halogens is 1. The van der Waals surface area contributed by atoms with Crippen molar-refractivity contribution in [1.82, 2.24) is 5.32 Å². The molecule has 0 bridgehead atoms. The van der Waals surface area contributed by atoms with Crippen LogP contribution in [0.25, 0.3) is 0 Å². The van der Waals surface area contributed by atoms with Gasteiger partial charge in [0, 0.05) is 17.1 Å². The fraction of sp³-hybridized carbons (Fsp3) is 0.429. The van der Waals surface area contributed by atoms with E-state index in [9.17, 15) is 9.59 Å². The maximum absolute atomic E-state index is 11.9. The lowest BCUT2D eigenvalue weighted by atomic mass is 9.88. The third-order valence-corrected chi connectivity index (χ3v) is 4.05. The Kier molecular flexibility index (Phi) is 6.02. The molecule has 6 nitrogen and oxygen atoms in total. The third kappa shape index (κ3) is 4.63. The molecule has 0 heterocycles. The molecule has 0 fully saturated rings. The monoisotopic (exact) mass is 358 g/mol. The van der Waals surface area contributed by atoms with Crippen molar-refractivity contribution in [2.45, 2.75) is 20.3 Å². The summed E-state index contributed by atoms with van der Waals surface area (Å²) in [7, 11) is 1.53.